The van der Waals surface area contributed by atoms with Gasteiger partial charge in [-0.05, 0) is 48.1 Å². The fraction of sp³-hybridized carbons (Fsp3) is 0.158. The van der Waals surface area contributed by atoms with Gasteiger partial charge in [-0.1, -0.05) is 12.1 Å². The molecule has 0 radical (unpaired) electrons. The molecule has 0 aromatic heterocycles. The van der Waals surface area contributed by atoms with Crippen LogP contribution < -0.4 is 25.6 Å². The third-order valence-electron chi connectivity index (χ3n) is 3.52. The molecule has 2 aromatic carbocycles. The fourth-order valence-electron chi connectivity index (χ4n) is 2.11. The molecule has 0 bridgehead atoms. The highest BCUT2D eigenvalue weighted by atomic mass is 32.1. The number of halogens is 1. The summed E-state index contributed by atoms with van der Waals surface area (Å²) in [5, 5.41) is 3.14. The lowest BCUT2D eigenvalue weighted by molar-refractivity contribution is -0.116. The summed E-state index contributed by atoms with van der Waals surface area (Å²) in [6, 6.07) is 11.3. The van der Waals surface area contributed by atoms with E-state index in [9.17, 15) is 9.18 Å². The molecule has 3 N–H and O–H groups in total. The van der Waals surface area contributed by atoms with E-state index in [1.165, 1.54) is 18.2 Å². The number of amides is 1. The van der Waals surface area contributed by atoms with Crippen LogP contribution in [0.4, 0.5) is 4.39 Å². The Morgan fingerprint density at radius 1 is 1.11 bits per heavy atom. The van der Waals surface area contributed by atoms with Crippen LogP contribution in [0.1, 0.15) is 11.1 Å². The molecule has 0 atom stereocenters. The van der Waals surface area contributed by atoms with E-state index in [0.29, 0.717) is 18.0 Å². The Morgan fingerprint density at radius 3 is 2.52 bits per heavy atom. The third-order valence-corrected chi connectivity index (χ3v) is 3.77. The minimum absolute atomic E-state index is 0.239. The topological polar surface area (TPSA) is 71.6 Å². The zero-order valence-corrected chi connectivity index (χ0v) is 15.7. The van der Waals surface area contributed by atoms with Gasteiger partial charge in [0.2, 0.25) is 0 Å². The van der Waals surface area contributed by atoms with Crippen LogP contribution in [0.2, 0.25) is 0 Å². The van der Waals surface area contributed by atoms with Crippen molar-refractivity contribution >= 4 is 29.3 Å². The van der Waals surface area contributed by atoms with E-state index in [2.05, 4.69) is 16.2 Å². The van der Waals surface area contributed by atoms with Crippen molar-refractivity contribution in [3.05, 3.63) is 65.5 Å². The summed E-state index contributed by atoms with van der Waals surface area (Å²) in [6.07, 6.45) is 2.96. The van der Waals surface area contributed by atoms with Crippen molar-refractivity contribution in [3.8, 4) is 11.5 Å². The van der Waals surface area contributed by atoms with Crippen molar-refractivity contribution in [2.24, 2.45) is 0 Å². The van der Waals surface area contributed by atoms with E-state index in [1.807, 2.05) is 0 Å². The molecule has 2 rings (SSSR count). The van der Waals surface area contributed by atoms with Gasteiger partial charge in [-0.15, -0.1) is 0 Å². The molecule has 0 saturated carbocycles. The summed E-state index contributed by atoms with van der Waals surface area (Å²) >= 11 is 5.07. The highest BCUT2D eigenvalue weighted by molar-refractivity contribution is 7.80. The predicted molar refractivity (Wildman–Crippen MR) is 106 cm³/mol. The smallest absolute Gasteiger partial charge is 0.262 e. The number of carbonyl (C=O) groups is 1. The van der Waals surface area contributed by atoms with Crippen LogP contribution in [-0.4, -0.2) is 25.2 Å². The molecule has 6 nitrogen and oxygen atoms in total. The summed E-state index contributed by atoms with van der Waals surface area (Å²) in [7, 11) is 3.11. The van der Waals surface area contributed by atoms with E-state index in [-0.39, 0.29) is 16.8 Å². The van der Waals surface area contributed by atoms with Crippen molar-refractivity contribution in [2.75, 3.05) is 14.2 Å². The number of hydrogen-bond acceptors (Lipinski definition) is 4. The summed E-state index contributed by atoms with van der Waals surface area (Å²) < 4.78 is 23.2. The Labute approximate surface area is 162 Å². The number of methoxy groups -OCH3 is 2. The first-order valence-electron chi connectivity index (χ1n) is 8.00. The number of nitrogens with one attached hydrogen (secondary N) is 3. The highest BCUT2D eigenvalue weighted by Gasteiger charge is 2.03. The van der Waals surface area contributed by atoms with Crippen LogP contribution in [0.3, 0.4) is 0 Å². The van der Waals surface area contributed by atoms with Crippen LogP contribution >= 0.6 is 12.2 Å². The summed E-state index contributed by atoms with van der Waals surface area (Å²) in [5.74, 6) is 0.557. The molecular formula is C19H20FN3O3S. The van der Waals surface area contributed by atoms with Gasteiger partial charge < -0.3 is 14.8 Å². The molecular weight excluding hydrogens is 369 g/mol. The third kappa shape index (κ3) is 6.59. The van der Waals surface area contributed by atoms with E-state index in [4.69, 9.17) is 21.7 Å². The molecule has 142 valence electrons. The molecule has 0 spiro atoms. The van der Waals surface area contributed by atoms with Crippen LogP contribution in [0.15, 0.2) is 48.5 Å². The Balaban J connectivity index is 1.80. The van der Waals surface area contributed by atoms with Crippen molar-refractivity contribution in [1.29, 1.82) is 0 Å². The second-order valence-corrected chi connectivity index (χ2v) is 5.77. The molecule has 1 amide bonds. The number of ether oxygens (including phenoxy) is 2. The maximum Gasteiger partial charge on any atom is 0.262 e. The molecule has 0 heterocycles. The first kappa shape index (κ1) is 20.2. The number of hydrogen-bond donors (Lipinski definition) is 3. The van der Waals surface area contributed by atoms with Crippen LogP contribution in [-0.2, 0) is 11.3 Å². The van der Waals surface area contributed by atoms with Gasteiger partial charge in [0.25, 0.3) is 5.91 Å². The largest absolute Gasteiger partial charge is 0.497 e. The molecule has 0 fully saturated rings. The number of thiocarbonyl (C=S) groups is 1. The number of carbonyl (C=O) groups excluding carboxylic acids is 1. The van der Waals surface area contributed by atoms with E-state index < -0.39 is 0 Å². The van der Waals surface area contributed by atoms with Gasteiger partial charge in [-0.3, -0.25) is 15.6 Å². The SMILES string of the molecule is COc1ccc(/C=C/C(=O)NNC(=S)NCc2ccc(F)cc2)c(OC)c1. The lowest BCUT2D eigenvalue weighted by Crippen LogP contribution is -2.45. The average molecular weight is 389 g/mol. The fourth-order valence-corrected chi connectivity index (χ4v) is 2.23. The van der Waals surface area contributed by atoms with Crippen LogP contribution in [0.25, 0.3) is 6.08 Å². The standard InChI is InChI=1S/C19H20FN3O3S/c1-25-16-9-5-14(17(11-16)26-2)6-10-18(24)22-23-19(27)21-12-13-3-7-15(20)8-4-13/h3-11H,12H2,1-2H3,(H,22,24)(H2,21,23,27)/b10-6+. The number of benzene rings is 2. The van der Waals surface area contributed by atoms with Crippen molar-refractivity contribution in [3.63, 3.8) is 0 Å². The zero-order chi connectivity index (χ0) is 19.6. The van der Waals surface area contributed by atoms with Gasteiger partial charge in [-0.2, -0.15) is 0 Å². The monoisotopic (exact) mass is 389 g/mol. The molecule has 2 aromatic rings. The molecule has 0 aliphatic heterocycles. The molecule has 0 unspecified atom stereocenters. The van der Waals surface area contributed by atoms with Crippen molar-refractivity contribution in [2.45, 2.75) is 6.54 Å². The van der Waals surface area contributed by atoms with E-state index in [1.54, 1.807) is 50.6 Å². The molecule has 0 aliphatic carbocycles. The van der Waals surface area contributed by atoms with E-state index in [0.717, 1.165) is 11.1 Å². The average Bonchev–Trinajstić information content (AvgIpc) is 2.70. The summed E-state index contributed by atoms with van der Waals surface area (Å²) in [5.41, 5.74) is 6.63. The Bertz CT molecular complexity index is 825. The second-order valence-electron chi connectivity index (χ2n) is 5.36. The van der Waals surface area contributed by atoms with Crippen molar-refractivity contribution < 1.29 is 18.7 Å². The molecule has 8 heteroatoms. The van der Waals surface area contributed by atoms with Crippen LogP contribution in [0.5, 0.6) is 11.5 Å². The van der Waals surface area contributed by atoms with Gasteiger partial charge in [0.1, 0.15) is 17.3 Å². The first-order chi connectivity index (χ1) is 13.0. The van der Waals surface area contributed by atoms with Gasteiger partial charge in [0, 0.05) is 24.3 Å². The molecule has 0 aliphatic rings. The minimum atomic E-state index is -0.390. The normalized spacial score (nSPS) is 10.3. The lowest BCUT2D eigenvalue weighted by atomic mass is 10.1. The van der Waals surface area contributed by atoms with Crippen LogP contribution in [0, 0.1) is 5.82 Å². The maximum atomic E-state index is 12.8. The Hall–Kier alpha value is -3.13. The maximum absolute atomic E-state index is 12.8. The lowest BCUT2D eigenvalue weighted by Gasteiger charge is -2.10. The zero-order valence-electron chi connectivity index (χ0n) is 14.9. The summed E-state index contributed by atoms with van der Waals surface area (Å²) in [4.78, 5) is 11.9. The number of hydrazine groups is 1. The van der Waals surface area contributed by atoms with Gasteiger partial charge in [0.15, 0.2) is 5.11 Å². The van der Waals surface area contributed by atoms with Gasteiger partial charge in [-0.25, -0.2) is 4.39 Å². The molecule has 27 heavy (non-hydrogen) atoms. The van der Waals surface area contributed by atoms with Gasteiger partial charge in [0.05, 0.1) is 14.2 Å². The molecule has 0 saturated heterocycles. The number of rotatable bonds is 6. The first-order valence-corrected chi connectivity index (χ1v) is 8.41. The Kier molecular flexibility index (Phi) is 7.57. The Morgan fingerprint density at radius 2 is 1.85 bits per heavy atom. The summed E-state index contributed by atoms with van der Waals surface area (Å²) in [6.45, 7) is 0.404. The second kappa shape index (κ2) is 10.1. The van der Waals surface area contributed by atoms with Gasteiger partial charge >= 0.3 is 0 Å². The highest BCUT2D eigenvalue weighted by Crippen LogP contribution is 2.25. The quantitative estimate of drug-likeness (QED) is 0.401. The predicted octanol–water partition coefficient (Wildman–Crippen LogP) is 2.55. The van der Waals surface area contributed by atoms with E-state index >= 15 is 0 Å². The minimum Gasteiger partial charge on any atom is -0.497 e. The van der Waals surface area contributed by atoms with Crippen molar-refractivity contribution in [1.82, 2.24) is 16.2 Å².